The number of benzene rings is 3. The van der Waals surface area contributed by atoms with Crippen molar-refractivity contribution in [3.63, 3.8) is 0 Å². The number of methoxy groups -OCH3 is 1. The van der Waals surface area contributed by atoms with Gasteiger partial charge >= 0.3 is 6.03 Å². The summed E-state index contributed by atoms with van der Waals surface area (Å²) in [6, 6.07) is 20.7. The summed E-state index contributed by atoms with van der Waals surface area (Å²) >= 11 is 0. The number of nitrogens with zero attached hydrogens (tertiary/aromatic N) is 1. The summed E-state index contributed by atoms with van der Waals surface area (Å²) in [5.74, 6) is 0.798. The van der Waals surface area contributed by atoms with Crippen molar-refractivity contribution in [3.8, 4) is 5.75 Å². The number of rotatable bonds is 9. The minimum Gasteiger partial charge on any atom is -0.497 e. The second-order valence-corrected chi connectivity index (χ2v) is 9.43. The van der Waals surface area contributed by atoms with Crippen molar-refractivity contribution < 1.29 is 22.7 Å². The molecule has 0 spiro atoms. The monoisotopic (exact) mass is 483 g/mol. The number of hydrogen-bond donors (Lipinski definition) is 2. The molecule has 180 valence electrons. The number of ether oxygens (including phenoxy) is 2. The lowest BCUT2D eigenvalue weighted by atomic mass is 10.1. The lowest BCUT2D eigenvalue weighted by Crippen LogP contribution is -2.33. The second-order valence-electron chi connectivity index (χ2n) is 7.87. The normalized spacial score (nSPS) is 12.1. The molecule has 1 unspecified atom stereocenters. The molecule has 0 fully saturated rings. The topological polar surface area (TPSA) is 111 Å². The predicted molar refractivity (Wildman–Crippen MR) is 131 cm³/mol. The summed E-state index contributed by atoms with van der Waals surface area (Å²) in [5.41, 5.74) is 3.41. The van der Waals surface area contributed by atoms with Crippen LogP contribution in [0.4, 0.5) is 10.5 Å². The summed E-state index contributed by atoms with van der Waals surface area (Å²) in [7, 11) is -0.456. The van der Waals surface area contributed by atoms with Crippen LogP contribution in [0.2, 0.25) is 0 Å². The lowest BCUT2D eigenvalue weighted by Gasteiger charge is -2.26. The fourth-order valence-electron chi connectivity index (χ4n) is 3.29. The Balaban J connectivity index is 1.56. The van der Waals surface area contributed by atoms with E-state index in [1.54, 1.807) is 31.2 Å². The van der Waals surface area contributed by atoms with Gasteiger partial charge in [0.1, 0.15) is 5.75 Å². The summed E-state index contributed by atoms with van der Waals surface area (Å²) in [5, 5.41) is 8.03. The van der Waals surface area contributed by atoms with Crippen molar-refractivity contribution in [1.29, 1.82) is 0 Å². The number of nitrogens with two attached hydrogens (primary N) is 1. The highest BCUT2D eigenvalue weighted by molar-refractivity contribution is 7.89. The summed E-state index contributed by atoms with van der Waals surface area (Å²) in [6.07, 6.45) is 0. The lowest BCUT2D eigenvalue weighted by molar-refractivity contribution is 0.107. The van der Waals surface area contributed by atoms with E-state index < -0.39 is 10.0 Å². The van der Waals surface area contributed by atoms with Crippen LogP contribution >= 0.6 is 0 Å². The zero-order valence-electron chi connectivity index (χ0n) is 19.4. The summed E-state index contributed by atoms with van der Waals surface area (Å²) < 4.78 is 33.8. The van der Waals surface area contributed by atoms with Gasteiger partial charge in [-0.3, -0.25) is 0 Å². The first-order chi connectivity index (χ1) is 16.2. The SMILES string of the molecule is COc1ccc(COCc2cccc(NC(=O)N(C)C(C)c3ccc(S(N)(=O)=O)cc3)c2)cc1. The Hall–Kier alpha value is -3.40. The van der Waals surface area contributed by atoms with E-state index in [4.69, 9.17) is 14.6 Å². The molecule has 8 nitrogen and oxygen atoms in total. The molecule has 1 atom stereocenters. The molecule has 3 N–H and O–H groups in total. The summed E-state index contributed by atoms with van der Waals surface area (Å²) in [6.45, 7) is 2.72. The van der Waals surface area contributed by atoms with E-state index in [1.165, 1.54) is 12.1 Å². The van der Waals surface area contributed by atoms with Gasteiger partial charge < -0.3 is 19.7 Å². The second kappa shape index (κ2) is 11.1. The van der Waals surface area contributed by atoms with Crippen LogP contribution in [0.15, 0.2) is 77.7 Å². The third-order valence-electron chi connectivity index (χ3n) is 5.47. The molecule has 3 aromatic rings. The van der Waals surface area contributed by atoms with Crippen LogP contribution < -0.4 is 15.2 Å². The average molecular weight is 484 g/mol. The third kappa shape index (κ3) is 6.80. The molecule has 0 aromatic heterocycles. The molecule has 0 radical (unpaired) electrons. The highest BCUT2D eigenvalue weighted by atomic mass is 32.2. The van der Waals surface area contributed by atoms with Gasteiger partial charge in [0, 0.05) is 12.7 Å². The zero-order valence-corrected chi connectivity index (χ0v) is 20.2. The van der Waals surface area contributed by atoms with Crippen LogP contribution in [0.1, 0.15) is 29.7 Å². The van der Waals surface area contributed by atoms with Crippen molar-refractivity contribution in [3.05, 3.63) is 89.5 Å². The molecule has 0 saturated carbocycles. The first kappa shape index (κ1) is 25.2. The van der Waals surface area contributed by atoms with Crippen molar-refractivity contribution in [1.82, 2.24) is 4.90 Å². The zero-order chi connectivity index (χ0) is 24.7. The van der Waals surface area contributed by atoms with E-state index in [1.807, 2.05) is 55.5 Å². The Morgan fingerprint density at radius 1 is 1.00 bits per heavy atom. The highest BCUT2D eigenvalue weighted by Gasteiger charge is 2.18. The van der Waals surface area contributed by atoms with E-state index in [0.29, 0.717) is 18.9 Å². The highest BCUT2D eigenvalue weighted by Crippen LogP contribution is 2.22. The molecule has 0 heterocycles. The molecule has 0 bridgehead atoms. The van der Waals surface area contributed by atoms with Crippen molar-refractivity contribution in [2.45, 2.75) is 31.1 Å². The van der Waals surface area contributed by atoms with Crippen LogP contribution in [0.25, 0.3) is 0 Å². The number of sulfonamides is 1. The average Bonchev–Trinajstić information content (AvgIpc) is 2.83. The Morgan fingerprint density at radius 2 is 1.65 bits per heavy atom. The fraction of sp³-hybridized carbons (Fsp3) is 0.240. The number of carbonyl (C=O) groups excluding carboxylic acids is 1. The Labute approximate surface area is 200 Å². The van der Waals surface area contributed by atoms with Crippen LogP contribution in [0.3, 0.4) is 0 Å². The number of carbonyl (C=O) groups is 1. The maximum atomic E-state index is 12.8. The molecule has 2 amide bonds. The van der Waals surface area contributed by atoms with Gasteiger partial charge in [-0.2, -0.15) is 0 Å². The predicted octanol–water partition coefficient (Wildman–Crippen LogP) is 4.28. The van der Waals surface area contributed by atoms with Gasteiger partial charge in [-0.15, -0.1) is 0 Å². The van der Waals surface area contributed by atoms with E-state index in [2.05, 4.69) is 5.32 Å². The maximum absolute atomic E-state index is 12.8. The number of urea groups is 1. The number of amides is 2. The van der Waals surface area contributed by atoms with Gasteiger partial charge in [0.2, 0.25) is 10.0 Å². The van der Waals surface area contributed by atoms with Gasteiger partial charge in [0.05, 0.1) is 31.3 Å². The Kier molecular flexibility index (Phi) is 8.27. The maximum Gasteiger partial charge on any atom is 0.322 e. The Morgan fingerprint density at radius 3 is 2.26 bits per heavy atom. The third-order valence-corrected chi connectivity index (χ3v) is 6.40. The molecule has 3 rings (SSSR count). The largest absolute Gasteiger partial charge is 0.497 e. The standard InChI is InChI=1S/C25H29N3O5S/c1-18(21-9-13-24(14-10-21)34(26,30)31)28(2)25(29)27-22-6-4-5-20(15-22)17-33-16-19-7-11-23(32-3)12-8-19/h4-15,18H,16-17H2,1-3H3,(H,27,29)(H2,26,30,31). The molecular weight excluding hydrogens is 454 g/mol. The van der Waals surface area contributed by atoms with Gasteiger partial charge in [0.15, 0.2) is 0 Å². The summed E-state index contributed by atoms with van der Waals surface area (Å²) in [4.78, 5) is 14.3. The smallest absolute Gasteiger partial charge is 0.322 e. The minimum absolute atomic E-state index is 0.0292. The van der Waals surface area contributed by atoms with Gasteiger partial charge in [-0.1, -0.05) is 36.4 Å². The first-order valence-electron chi connectivity index (χ1n) is 10.6. The van der Waals surface area contributed by atoms with E-state index >= 15 is 0 Å². The first-order valence-corrected chi connectivity index (χ1v) is 12.2. The molecular formula is C25H29N3O5S. The molecule has 0 aliphatic rings. The van der Waals surface area contributed by atoms with Crippen LogP contribution in [0, 0.1) is 0 Å². The number of primary sulfonamides is 1. The fourth-order valence-corrected chi connectivity index (χ4v) is 3.81. The molecule has 0 aliphatic heterocycles. The van der Waals surface area contributed by atoms with Crippen LogP contribution in [-0.2, 0) is 28.0 Å². The van der Waals surface area contributed by atoms with Crippen molar-refractivity contribution in [2.24, 2.45) is 5.14 Å². The molecule has 9 heteroatoms. The number of hydrogen-bond acceptors (Lipinski definition) is 5. The molecule has 34 heavy (non-hydrogen) atoms. The molecule has 0 saturated heterocycles. The quantitative estimate of drug-likeness (QED) is 0.472. The van der Waals surface area contributed by atoms with Crippen LogP contribution in [0.5, 0.6) is 5.75 Å². The van der Waals surface area contributed by atoms with E-state index in [9.17, 15) is 13.2 Å². The Bertz CT molecular complexity index is 1210. The molecule has 3 aromatic carbocycles. The van der Waals surface area contributed by atoms with Crippen molar-refractivity contribution in [2.75, 3.05) is 19.5 Å². The van der Waals surface area contributed by atoms with Gasteiger partial charge in [0.25, 0.3) is 0 Å². The number of anilines is 1. The van der Waals surface area contributed by atoms with Crippen LogP contribution in [-0.4, -0.2) is 33.5 Å². The molecule has 0 aliphatic carbocycles. The van der Waals surface area contributed by atoms with E-state index in [0.717, 1.165) is 22.4 Å². The number of nitrogens with one attached hydrogen (secondary N) is 1. The van der Waals surface area contributed by atoms with Crippen molar-refractivity contribution >= 4 is 21.7 Å². The van der Waals surface area contributed by atoms with Gasteiger partial charge in [-0.25, -0.2) is 18.4 Å². The van der Waals surface area contributed by atoms with Gasteiger partial charge in [-0.05, 0) is 60.0 Å². The van der Waals surface area contributed by atoms with E-state index in [-0.39, 0.29) is 17.0 Å². The minimum atomic E-state index is -3.76.